The van der Waals surface area contributed by atoms with Gasteiger partial charge in [-0.25, -0.2) is 0 Å². The largest absolute Gasteiger partial charge is 0.493 e. The first-order valence-electron chi connectivity index (χ1n) is 11.1. The van der Waals surface area contributed by atoms with Gasteiger partial charge < -0.3 is 18.7 Å². The van der Waals surface area contributed by atoms with E-state index in [1.807, 2.05) is 30.3 Å². The van der Waals surface area contributed by atoms with Crippen molar-refractivity contribution in [2.24, 2.45) is 0 Å². The van der Waals surface area contributed by atoms with Gasteiger partial charge in [-0.2, -0.15) is 4.98 Å². The zero-order chi connectivity index (χ0) is 22.3. The molecule has 1 aromatic heterocycles. The van der Waals surface area contributed by atoms with E-state index in [9.17, 15) is 0 Å². The summed E-state index contributed by atoms with van der Waals surface area (Å²) < 4.78 is 22.6. The summed E-state index contributed by atoms with van der Waals surface area (Å²) in [6, 6.07) is 14.1. The van der Waals surface area contributed by atoms with E-state index in [1.165, 1.54) is 5.56 Å². The normalized spacial score (nSPS) is 16.7. The van der Waals surface area contributed by atoms with E-state index in [-0.39, 0.29) is 6.04 Å². The zero-order valence-corrected chi connectivity index (χ0v) is 19.0. The summed E-state index contributed by atoms with van der Waals surface area (Å²) in [7, 11) is 3.34. The first-order chi connectivity index (χ1) is 15.7. The highest BCUT2D eigenvalue weighted by Gasteiger charge is 2.29. The van der Waals surface area contributed by atoms with Crippen LogP contribution in [0.2, 0.25) is 0 Å². The van der Waals surface area contributed by atoms with Gasteiger partial charge in [0.25, 0.3) is 0 Å². The Bertz CT molecular complexity index is 1020. The first kappa shape index (κ1) is 22.1. The molecule has 7 nitrogen and oxygen atoms in total. The van der Waals surface area contributed by atoms with Crippen LogP contribution in [-0.4, -0.2) is 42.4 Å². The minimum absolute atomic E-state index is 0.0959. The highest BCUT2D eigenvalue weighted by atomic mass is 16.5. The van der Waals surface area contributed by atoms with E-state index in [4.69, 9.17) is 23.7 Å². The summed E-state index contributed by atoms with van der Waals surface area (Å²) in [5, 5.41) is 4.21. The van der Waals surface area contributed by atoms with Crippen molar-refractivity contribution in [2.45, 2.75) is 45.2 Å². The fourth-order valence-electron chi connectivity index (χ4n) is 4.23. The second-order valence-corrected chi connectivity index (χ2v) is 8.10. The van der Waals surface area contributed by atoms with Crippen LogP contribution >= 0.6 is 0 Å². The van der Waals surface area contributed by atoms with Gasteiger partial charge in [-0.05, 0) is 50.1 Å². The Morgan fingerprint density at radius 1 is 1.09 bits per heavy atom. The number of ether oxygens (including phenoxy) is 3. The van der Waals surface area contributed by atoms with Crippen LogP contribution in [0, 0.1) is 6.92 Å². The minimum Gasteiger partial charge on any atom is -0.493 e. The standard InChI is InChI=1S/C25H31N3O4/c1-18-8-6-10-20(16-18)31-15-13-23-26-25(32-27-23)21-11-4-5-14-28(21)17-19-9-7-12-22(29-2)24(19)30-3/h6-10,12,16,21H,4-5,11,13-15,17H2,1-3H3. The van der Waals surface area contributed by atoms with Crippen LogP contribution in [0.4, 0.5) is 0 Å². The van der Waals surface area contributed by atoms with E-state index in [0.29, 0.717) is 24.7 Å². The lowest BCUT2D eigenvalue weighted by atomic mass is 10.0. The molecule has 3 aromatic rings. The average Bonchev–Trinajstić information content (AvgIpc) is 3.28. The van der Waals surface area contributed by atoms with Gasteiger partial charge in [-0.1, -0.05) is 35.8 Å². The molecule has 0 spiro atoms. The van der Waals surface area contributed by atoms with E-state index in [0.717, 1.165) is 55.2 Å². The highest BCUT2D eigenvalue weighted by Crippen LogP contribution is 2.36. The molecule has 0 radical (unpaired) electrons. The second-order valence-electron chi connectivity index (χ2n) is 8.10. The third-order valence-electron chi connectivity index (χ3n) is 5.82. The molecular weight excluding hydrogens is 406 g/mol. The quantitative estimate of drug-likeness (QED) is 0.479. The Labute approximate surface area is 189 Å². The van der Waals surface area contributed by atoms with Gasteiger partial charge in [-0.3, -0.25) is 4.90 Å². The Kier molecular flexibility index (Phi) is 7.27. The fraction of sp³-hybridized carbons (Fsp3) is 0.440. The van der Waals surface area contributed by atoms with Crippen LogP contribution in [0.15, 0.2) is 47.0 Å². The molecule has 2 heterocycles. The summed E-state index contributed by atoms with van der Waals surface area (Å²) in [6.45, 7) is 4.27. The number of para-hydroxylation sites is 1. The Balaban J connectivity index is 1.41. The number of aryl methyl sites for hydroxylation is 1. The van der Waals surface area contributed by atoms with Crippen LogP contribution in [0.3, 0.4) is 0 Å². The molecule has 1 unspecified atom stereocenters. The fourth-order valence-corrected chi connectivity index (χ4v) is 4.23. The first-order valence-corrected chi connectivity index (χ1v) is 11.1. The molecule has 7 heteroatoms. The monoisotopic (exact) mass is 437 g/mol. The number of benzene rings is 2. The Morgan fingerprint density at radius 3 is 2.78 bits per heavy atom. The number of methoxy groups -OCH3 is 2. The van der Waals surface area contributed by atoms with Gasteiger partial charge in [0.05, 0.1) is 26.9 Å². The van der Waals surface area contributed by atoms with Gasteiger partial charge in [0, 0.05) is 18.5 Å². The van der Waals surface area contributed by atoms with E-state index >= 15 is 0 Å². The molecule has 0 N–H and O–H groups in total. The Hall–Kier alpha value is -3.06. The van der Waals surface area contributed by atoms with E-state index in [2.05, 4.69) is 29.1 Å². The number of nitrogens with zero attached hydrogens (tertiary/aromatic N) is 3. The van der Waals surface area contributed by atoms with Crippen molar-refractivity contribution >= 4 is 0 Å². The van der Waals surface area contributed by atoms with Gasteiger partial charge >= 0.3 is 0 Å². The van der Waals surface area contributed by atoms with Crippen LogP contribution in [0.1, 0.15) is 48.1 Å². The van der Waals surface area contributed by atoms with Gasteiger partial charge in [0.2, 0.25) is 5.89 Å². The summed E-state index contributed by atoms with van der Waals surface area (Å²) in [5.74, 6) is 3.74. The molecule has 1 saturated heterocycles. The topological polar surface area (TPSA) is 69.9 Å². The molecule has 0 aliphatic carbocycles. The predicted molar refractivity (Wildman–Crippen MR) is 121 cm³/mol. The molecule has 1 aliphatic heterocycles. The second kappa shape index (κ2) is 10.5. The van der Waals surface area contributed by atoms with E-state index < -0.39 is 0 Å². The molecule has 0 saturated carbocycles. The van der Waals surface area contributed by atoms with Crippen molar-refractivity contribution in [2.75, 3.05) is 27.4 Å². The zero-order valence-electron chi connectivity index (χ0n) is 19.0. The lowest BCUT2D eigenvalue weighted by Gasteiger charge is -2.33. The smallest absolute Gasteiger partial charge is 0.244 e. The molecule has 0 bridgehead atoms. The van der Waals surface area contributed by atoms with Gasteiger partial charge in [-0.15, -0.1) is 0 Å². The SMILES string of the molecule is COc1cccc(CN2CCCCC2c2nc(CCOc3cccc(C)c3)no2)c1OC. The van der Waals surface area contributed by atoms with E-state index in [1.54, 1.807) is 14.2 Å². The van der Waals surface area contributed by atoms with Crippen LogP contribution in [0.25, 0.3) is 0 Å². The molecule has 1 atom stereocenters. The summed E-state index contributed by atoms with van der Waals surface area (Å²) in [4.78, 5) is 7.09. The number of aromatic nitrogens is 2. The maximum Gasteiger partial charge on any atom is 0.244 e. The number of hydrogen-bond acceptors (Lipinski definition) is 7. The summed E-state index contributed by atoms with van der Waals surface area (Å²) in [6.07, 6.45) is 3.89. The Morgan fingerprint density at radius 2 is 1.97 bits per heavy atom. The molecule has 4 rings (SSSR count). The maximum atomic E-state index is 5.84. The van der Waals surface area contributed by atoms with Crippen LogP contribution < -0.4 is 14.2 Å². The number of hydrogen-bond donors (Lipinski definition) is 0. The van der Waals surface area contributed by atoms with Crippen molar-refractivity contribution in [3.8, 4) is 17.2 Å². The van der Waals surface area contributed by atoms with Crippen LogP contribution in [0.5, 0.6) is 17.2 Å². The van der Waals surface area contributed by atoms with Gasteiger partial charge in [0.1, 0.15) is 5.75 Å². The molecule has 32 heavy (non-hydrogen) atoms. The summed E-state index contributed by atoms with van der Waals surface area (Å²) >= 11 is 0. The van der Waals surface area contributed by atoms with Crippen molar-refractivity contribution in [3.05, 3.63) is 65.3 Å². The highest BCUT2D eigenvalue weighted by molar-refractivity contribution is 5.46. The molecule has 1 fully saturated rings. The van der Waals surface area contributed by atoms with Gasteiger partial charge in [0.15, 0.2) is 17.3 Å². The predicted octanol–water partition coefficient (Wildman–Crippen LogP) is 4.74. The molecule has 2 aromatic carbocycles. The lowest BCUT2D eigenvalue weighted by Crippen LogP contribution is -2.33. The molecular formula is C25H31N3O4. The number of rotatable bonds is 9. The lowest BCUT2D eigenvalue weighted by molar-refractivity contribution is 0.110. The molecule has 1 aliphatic rings. The third kappa shape index (κ3) is 5.22. The number of piperidine rings is 1. The molecule has 0 amide bonds. The van der Waals surface area contributed by atoms with Crippen molar-refractivity contribution in [3.63, 3.8) is 0 Å². The van der Waals surface area contributed by atoms with Crippen molar-refractivity contribution in [1.29, 1.82) is 0 Å². The third-order valence-corrected chi connectivity index (χ3v) is 5.82. The summed E-state index contributed by atoms with van der Waals surface area (Å²) in [5.41, 5.74) is 2.26. The minimum atomic E-state index is 0.0959. The molecule has 170 valence electrons. The van der Waals surface area contributed by atoms with Crippen molar-refractivity contribution in [1.82, 2.24) is 15.0 Å². The average molecular weight is 438 g/mol. The number of likely N-dealkylation sites (tertiary alicyclic amines) is 1. The van der Waals surface area contributed by atoms with Crippen LogP contribution in [-0.2, 0) is 13.0 Å². The van der Waals surface area contributed by atoms with Crippen molar-refractivity contribution < 1.29 is 18.7 Å². The maximum absolute atomic E-state index is 5.84.